The Morgan fingerprint density at radius 3 is 2.40 bits per heavy atom. The van der Waals surface area contributed by atoms with E-state index in [0.29, 0.717) is 17.1 Å². The normalized spacial score (nSPS) is 12.3. The molecule has 0 fully saturated rings. The van der Waals surface area contributed by atoms with E-state index >= 15 is 0 Å². The molecule has 84 valence electrons. The molecule has 3 nitrogen and oxygen atoms in total. The van der Waals surface area contributed by atoms with Gasteiger partial charge in [-0.1, -0.05) is 0 Å². The number of nitrogens with two attached hydrogens (primary N) is 1. The summed E-state index contributed by atoms with van der Waals surface area (Å²) in [7, 11) is 3.01. The number of methoxy groups -OCH3 is 2. The molecule has 0 spiro atoms. The van der Waals surface area contributed by atoms with Crippen LogP contribution in [0.2, 0.25) is 0 Å². The molecule has 0 saturated heterocycles. The van der Waals surface area contributed by atoms with Crippen molar-refractivity contribution in [3.05, 3.63) is 23.3 Å². The smallest absolute Gasteiger partial charge is 0.166 e. The summed E-state index contributed by atoms with van der Waals surface area (Å²) in [4.78, 5) is 0. The van der Waals surface area contributed by atoms with Gasteiger partial charge in [0.15, 0.2) is 11.5 Å². The fourth-order valence-corrected chi connectivity index (χ4v) is 1.43. The standard InChI is InChI=1S/C11H16FNO2/c1-7(13)8-4-9(6-12)11(15-3)10(5-8)14-2/h4-5,7H,6,13H2,1-3H3. The predicted octanol–water partition coefficient (Wildman–Crippen LogP) is 2.19. The highest BCUT2D eigenvalue weighted by Gasteiger charge is 2.13. The summed E-state index contributed by atoms with van der Waals surface area (Å²) in [5.41, 5.74) is 7.03. The second-order valence-corrected chi connectivity index (χ2v) is 3.34. The average Bonchev–Trinajstić information content (AvgIpc) is 2.26. The number of alkyl halides is 1. The van der Waals surface area contributed by atoms with E-state index in [1.807, 2.05) is 6.92 Å². The lowest BCUT2D eigenvalue weighted by Crippen LogP contribution is -2.07. The second-order valence-electron chi connectivity index (χ2n) is 3.34. The average molecular weight is 213 g/mol. The van der Waals surface area contributed by atoms with Crippen molar-refractivity contribution in [3.8, 4) is 11.5 Å². The molecule has 2 N–H and O–H groups in total. The fraction of sp³-hybridized carbons (Fsp3) is 0.455. The van der Waals surface area contributed by atoms with Crippen LogP contribution >= 0.6 is 0 Å². The lowest BCUT2D eigenvalue weighted by atomic mass is 10.0. The van der Waals surface area contributed by atoms with Crippen molar-refractivity contribution in [2.75, 3.05) is 14.2 Å². The molecule has 0 heterocycles. The molecular weight excluding hydrogens is 197 g/mol. The lowest BCUT2D eigenvalue weighted by molar-refractivity contribution is 0.344. The van der Waals surface area contributed by atoms with Gasteiger partial charge < -0.3 is 15.2 Å². The molecule has 15 heavy (non-hydrogen) atoms. The van der Waals surface area contributed by atoms with Gasteiger partial charge in [0.25, 0.3) is 0 Å². The molecule has 0 saturated carbocycles. The minimum absolute atomic E-state index is 0.157. The van der Waals surface area contributed by atoms with Gasteiger partial charge in [0.05, 0.1) is 14.2 Å². The maximum Gasteiger partial charge on any atom is 0.166 e. The third-order valence-corrected chi connectivity index (χ3v) is 2.25. The van der Waals surface area contributed by atoms with E-state index in [-0.39, 0.29) is 6.04 Å². The van der Waals surface area contributed by atoms with Crippen molar-refractivity contribution in [1.82, 2.24) is 0 Å². The Morgan fingerprint density at radius 2 is 2.00 bits per heavy atom. The van der Waals surface area contributed by atoms with E-state index in [9.17, 15) is 4.39 Å². The highest BCUT2D eigenvalue weighted by Crippen LogP contribution is 2.34. The van der Waals surface area contributed by atoms with E-state index in [2.05, 4.69) is 0 Å². The molecule has 1 aromatic rings. The van der Waals surface area contributed by atoms with E-state index in [4.69, 9.17) is 15.2 Å². The summed E-state index contributed by atoms with van der Waals surface area (Å²) in [6.45, 7) is 1.24. The Balaban J connectivity index is 3.29. The summed E-state index contributed by atoms with van der Waals surface area (Å²) in [5, 5.41) is 0. The van der Waals surface area contributed by atoms with Gasteiger partial charge in [-0.25, -0.2) is 4.39 Å². The summed E-state index contributed by atoms with van der Waals surface area (Å²) in [6, 6.07) is 3.31. The van der Waals surface area contributed by atoms with Gasteiger partial charge in [0, 0.05) is 11.6 Å². The zero-order valence-electron chi connectivity index (χ0n) is 9.21. The fourth-order valence-electron chi connectivity index (χ4n) is 1.43. The molecule has 0 amide bonds. The van der Waals surface area contributed by atoms with Crippen molar-refractivity contribution in [2.24, 2.45) is 5.73 Å². The van der Waals surface area contributed by atoms with Crippen LogP contribution in [0.4, 0.5) is 4.39 Å². The van der Waals surface area contributed by atoms with E-state index in [1.165, 1.54) is 14.2 Å². The molecule has 0 bridgehead atoms. The monoisotopic (exact) mass is 213 g/mol. The van der Waals surface area contributed by atoms with Gasteiger partial charge in [0.2, 0.25) is 0 Å². The minimum Gasteiger partial charge on any atom is -0.493 e. The van der Waals surface area contributed by atoms with Crippen LogP contribution in [0.1, 0.15) is 24.1 Å². The Bertz CT molecular complexity index is 314. The van der Waals surface area contributed by atoms with Crippen LogP contribution in [-0.2, 0) is 6.67 Å². The van der Waals surface area contributed by atoms with Crippen LogP contribution in [0.5, 0.6) is 11.5 Å². The molecule has 0 aliphatic heterocycles. The Labute approximate surface area is 89.0 Å². The summed E-state index contributed by atoms with van der Waals surface area (Å²) >= 11 is 0. The lowest BCUT2D eigenvalue weighted by Gasteiger charge is -2.14. The first-order valence-electron chi connectivity index (χ1n) is 4.70. The quantitative estimate of drug-likeness (QED) is 0.833. The van der Waals surface area contributed by atoms with Gasteiger partial charge in [-0.3, -0.25) is 0 Å². The highest BCUT2D eigenvalue weighted by atomic mass is 19.1. The van der Waals surface area contributed by atoms with Crippen LogP contribution < -0.4 is 15.2 Å². The van der Waals surface area contributed by atoms with Crippen LogP contribution in [0.3, 0.4) is 0 Å². The zero-order chi connectivity index (χ0) is 11.4. The molecule has 0 aliphatic carbocycles. The molecular formula is C11H16FNO2. The summed E-state index contributed by atoms with van der Waals surface area (Å²) in [5.74, 6) is 0.948. The second kappa shape index (κ2) is 4.98. The number of hydrogen-bond acceptors (Lipinski definition) is 3. The van der Waals surface area contributed by atoms with Crippen molar-refractivity contribution in [3.63, 3.8) is 0 Å². The molecule has 1 atom stereocenters. The number of rotatable bonds is 4. The molecule has 1 aromatic carbocycles. The van der Waals surface area contributed by atoms with Gasteiger partial charge >= 0.3 is 0 Å². The number of halogens is 1. The maximum atomic E-state index is 12.8. The minimum atomic E-state index is -0.597. The van der Waals surface area contributed by atoms with Crippen LogP contribution in [0.15, 0.2) is 12.1 Å². The number of hydrogen-bond donors (Lipinski definition) is 1. The molecule has 0 aliphatic rings. The van der Waals surface area contributed by atoms with Crippen molar-refractivity contribution < 1.29 is 13.9 Å². The number of ether oxygens (including phenoxy) is 2. The molecule has 4 heteroatoms. The Kier molecular flexibility index (Phi) is 3.91. The van der Waals surface area contributed by atoms with Gasteiger partial charge in [-0.2, -0.15) is 0 Å². The van der Waals surface area contributed by atoms with Crippen molar-refractivity contribution >= 4 is 0 Å². The Hall–Kier alpha value is -1.29. The molecule has 1 rings (SSSR count). The SMILES string of the molecule is COc1cc(C(C)N)cc(CF)c1OC. The third-order valence-electron chi connectivity index (χ3n) is 2.25. The van der Waals surface area contributed by atoms with Crippen LogP contribution in [0.25, 0.3) is 0 Å². The largest absolute Gasteiger partial charge is 0.493 e. The first-order valence-corrected chi connectivity index (χ1v) is 4.70. The third kappa shape index (κ3) is 2.39. The van der Waals surface area contributed by atoms with Gasteiger partial charge in [-0.05, 0) is 24.6 Å². The highest BCUT2D eigenvalue weighted by molar-refractivity contribution is 5.49. The van der Waals surface area contributed by atoms with Gasteiger partial charge in [0.1, 0.15) is 6.67 Å². The first-order chi connectivity index (χ1) is 7.13. The molecule has 0 aromatic heterocycles. The summed E-state index contributed by atoms with van der Waals surface area (Å²) < 4.78 is 23.0. The van der Waals surface area contributed by atoms with Crippen LogP contribution in [-0.4, -0.2) is 14.2 Å². The van der Waals surface area contributed by atoms with E-state index in [1.54, 1.807) is 12.1 Å². The van der Waals surface area contributed by atoms with Gasteiger partial charge in [-0.15, -0.1) is 0 Å². The van der Waals surface area contributed by atoms with Crippen molar-refractivity contribution in [2.45, 2.75) is 19.6 Å². The van der Waals surface area contributed by atoms with E-state index < -0.39 is 6.67 Å². The van der Waals surface area contributed by atoms with E-state index in [0.717, 1.165) is 5.56 Å². The predicted molar refractivity (Wildman–Crippen MR) is 57.0 cm³/mol. The number of benzene rings is 1. The summed E-state index contributed by atoms with van der Waals surface area (Å²) in [6.07, 6.45) is 0. The molecule has 0 radical (unpaired) electrons. The topological polar surface area (TPSA) is 44.5 Å². The molecule has 1 unspecified atom stereocenters. The first kappa shape index (κ1) is 11.8. The van der Waals surface area contributed by atoms with Crippen molar-refractivity contribution in [1.29, 1.82) is 0 Å². The maximum absolute atomic E-state index is 12.8. The van der Waals surface area contributed by atoms with Crippen LogP contribution in [0, 0.1) is 0 Å². The zero-order valence-corrected chi connectivity index (χ0v) is 9.21. The Morgan fingerprint density at radius 1 is 1.33 bits per heavy atom.